The van der Waals surface area contributed by atoms with E-state index in [4.69, 9.17) is 11.6 Å². The van der Waals surface area contributed by atoms with Gasteiger partial charge in [-0.15, -0.1) is 10.2 Å². The van der Waals surface area contributed by atoms with E-state index in [-0.39, 0.29) is 31.8 Å². The maximum Gasteiger partial charge on any atom is 0.291 e. The molecule has 11 heteroatoms. The Labute approximate surface area is 128 Å². The van der Waals surface area contributed by atoms with Gasteiger partial charge in [-0.05, 0) is 12.1 Å². The van der Waals surface area contributed by atoms with Crippen molar-refractivity contribution in [2.75, 3.05) is 10.0 Å². The maximum absolute atomic E-state index is 12.1. The molecule has 2 aromatic rings. The molecule has 1 heterocycles. The molecular formula is C10H9ClN4O4S2. The summed E-state index contributed by atoms with van der Waals surface area (Å²) in [7, 11) is -3.97. The van der Waals surface area contributed by atoms with Crippen molar-refractivity contribution in [1.29, 1.82) is 0 Å². The Kier molecular flexibility index (Phi) is 4.30. The number of aromatic nitrogens is 2. The van der Waals surface area contributed by atoms with E-state index in [1.165, 1.54) is 19.1 Å². The van der Waals surface area contributed by atoms with E-state index in [1.807, 2.05) is 0 Å². The van der Waals surface area contributed by atoms with Crippen LogP contribution in [0.15, 0.2) is 22.5 Å². The molecule has 0 atom stereocenters. The van der Waals surface area contributed by atoms with Crippen molar-refractivity contribution < 1.29 is 18.3 Å². The molecule has 0 aliphatic rings. The first-order valence-corrected chi connectivity index (χ1v) is 8.08. The lowest BCUT2D eigenvalue weighted by Gasteiger charge is -2.05. The van der Waals surface area contributed by atoms with Gasteiger partial charge in [-0.1, -0.05) is 22.9 Å². The van der Waals surface area contributed by atoms with Gasteiger partial charge in [0.25, 0.3) is 14.4 Å². The van der Waals surface area contributed by atoms with Gasteiger partial charge in [0.05, 0.1) is 10.7 Å². The Morgan fingerprint density at radius 3 is 2.71 bits per heavy atom. The number of carbonyl (C=O) groups is 1. The monoisotopic (exact) mass is 348 g/mol. The smallest absolute Gasteiger partial charge is 0.291 e. The predicted octanol–water partition coefficient (Wildman–Crippen LogP) is 1.66. The number of carbonyl (C=O) groups excluding carboxylic acids is 1. The van der Waals surface area contributed by atoms with Crippen LogP contribution in [0.25, 0.3) is 0 Å². The zero-order chi connectivity index (χ0) is 15.6. The normalized spacial score (nSPS) is 11.1. The van der Waals surface area contributed by atoms with Crippen molar-refractivity contribution in [2.24, 2.45) is 0 Å². The van der Waals surface area contributed by atoms with E-state index in [9.17, 15) is 18.3 Å². The number of nitrogens with one attached hydrogen (secondary N) is 2. The van der Waals surface area contributed by atoms with Gasteiger partial charge in [0.2, 0.25) is 11.0 Å². The fourth-order valence-corrected chi connectivity index (χ4v) is 3.41. The number of sulfonamides is 1. The molecule has 1 aromatic carbocycles. The molecule has 0 saturated heterocycles. The molecule has 8 nitrogen and oxygen atoms in total. The average molecular weight is 349 g/mol. The van der Waals surface area contributed by atoms with Gasteiger partial charge in [0.15, 0.2) is 0 Å². The van der Waals surface area contributed by atoms with E-state index in [0.717, 1.165) is 6.07 Å². The van der Waals surface area contributed by atoms with Crippen LogP contribution < -0.4 is 10.0 Å². The van der Waals surface area contributed by atoms with Crippen molar-refractivity contribution >= 4 is 49.7 Å². The second kappa shape index (κ2) is 5.84. The first-order chi connectivity index (χ1) is 9.78. The Bertz CT molecular complexity index is 790. The molecule has 2 rings (SSSR count). The molecule has 0 saturated carbocycles. The summed E-state index contributed by atoms with van der Waals surface area (Å²) in [5, 5.41) is 19.0. The minimum absolute atomic E-state index is 0.0711. The molecule has 1 amide bonds. The molecular weight excluding hydrogens is 340 g/mol. The molecule has 21 heavy (non-hydrogen) atoms. The fraction of sp³-hybridized carbons (Fsp3) is 0.100. The second-order valence-electron chi connectivity index (χ2n) is 3.83. The summed E-state index contributed by atoms with van der Waals surface area (Å²) < 4.78 is 26.0. The minimum atomic E-state index is -3.97. The quantitative estimate of drug-likeness (QED) is 0.722. The lowest BCUT2D eigenvalue weighted by atomic mass is 10.3. The van der Waals surface area contributed by atoms with E-state index >= 15 is 0 Å². The van der Waals surface area contributed by atoms with Gasteiger partial charge < -0.3 is 10.4 Å². The van der Waals surface area contributed by atoms with Gasteiger partial charge in [-0.3, -0.25) is 9.52 Å². The van der Waals surface area contributed by atoms with Crippen LogP contribution in [-0.4, -0.2) is 29.6 Å². The number of rotatable bonds is 4. The van der Waals surface area contributed by atoms with Crippen molar-refractivity contribution in [3.05, 3.63) is 23.2 Å². The third kappa shape index (κ3) is 3.80. The first-order valence-electron chi connectivity index (χ1n) is 5.40. The van der Waals surface area contributed by atoms with Crippen molar-refractivity contribution in [3.63, 3.8) is 0 Å². The molecule has 0 bridgehead atoms. The second-order valence-corrected chi connectivity index (χ2v) is 7.07. The minimum Gasteiger partial charge on any atom is -0.506 e. The zero-order valence-corrected chi connectivity index (χ0v) is 12.9. The number of phenols is 1. The number of hydrogen-bond acceptors (Lipinski definition) is 7. The van der Waals surface area contributed by atoms with Crippen molar-refractivity contribution in [3.8, 4) is 5.75 Å². The molecule has 0 aliphatic heterocycles. The van der Waals surface area contributed by atoms with Crippen LogP contribution in [0.3, 0.4) is 0 Å². The third-order valence-electron chi connectivity index (χ3n) is 2.12. The number of halogens is 1. The molecule has 3 N–H and O–H groups in total. The van der Waals surface area contributed by atoms with Crippen LogP contribution in [0.5, 0.6) is 5.75 Å². The summed E-state index contributed by atoms with van der Waals surface area (Å²) in [6.45, 7) is 1.27. The van der Waals surface area contributed by atoms with Gasteiger partial charge in [0.1, 0.15) is 5.75 Å². The van der Waals surface area contributed by atoms with Crippen LogP contribution in [0.1, 0.15) is 6.92 Å². The molecule has 112 valence electrons. The summed E-state index contributed by atoms with van der Waals surface area (Å²) in [4.78, 5) is 10.9. The van der Waals surface area contributed by atoms with Crippen LogP contribution >= 0.6 is 22.9 Å². The number of hydrogen-bond donors (Lipinski definition) is 3. The molecule has 1 aromatic heterocycles. The highest BCUT2D eigenvalue weighted by Crippen LogP contribution is 2.28. The van der Waals surface area contributed by atoms with Crippen LogP contribution in [0.2, 0.25) is 5.02 Å². The first kappa shape index (κ1) is 15.5. The number of nitrogens with zero attached hydrogens (tertiary/aromatic N) is 2. The van der Waals surface area contributed by atoms with Gasteiger partial charge in [-0.25, -0.2) is 0 Å². The molecule has 0 radical (unpaired) electrons. The lowest BCUT2D eigenvalue weighted by Crippen LogP contribution is -2.12. The van der Waals surface area contributed by atoms with Crippen LogP contribution in [-0.2, 0) is 14.8 Å². The van der Waals surface area contributed by atoms with Gasteiger partial charge >= 0.3 is 0 Å². The summed E-state index contributed by atoms with van der Waals surface area (Å²) in [5.74, 6) is -0.640. The SMILES string of the molecule is CC(=O)Nc1nnc(S(=O)(=O)Nc2ccc(Cl)c(O)c2)s1. The summed E-state index contributed by atoms with van der Waals surface area (Å²) in [6, 6.07) is 3.89. The summed E-state index contributed by atoms with van der Waals surface area (Å²) in [6.07, 6.45) is 0. The summed E-state index contributed by atoms with van der Waals surface area (Å²) in [5.41, 5.74) is 0.119. The highest BCUT2D eigenvalue weighted by molar-refractivity contribution is 7.94. The maximum atomic E-state index is 12.1. The van der Waals surface area contributed by atoms with Crippen molar-refractivity contribution in [2.45, 2.75) is 11.3 Å². The molecule has 0 aliphatic carbocycles. The number of anilines is 2. The fourth-order valence-electron chi connectivity index (χ4n) is 1.29. The highest BCUT2D eigenvalue weighted by Gasteiger charge is 2.21. The standard InChI is InChI=1S/C10H9ClN4O4S2/c1-5(16)12-9-13-14-10(20-9)21(18,19)15-6-2-3-7(11)8(17)4-6/h2-4,15,17H,1H3,(H,12,13,16). The van der Waals surface area contributed by atoms with Gasteiger partial charge in [-0.2, -0.15) is 8.42 Å². The number of benzene rings is 1. The highest BCUT2D eigenvalue weighted by atomic mass is 35.5. The average Bonchev–Trinajstić information content (AvgIpc) is 2.82. The van der Waals surface area contributed by atoms with E-state index in [2.05, 4.69) is 20.2 Å². The Morgan fingerprint density at radius 2 is 2.10 bits per heavy atom. The molecule has 0 unspecified atom stereocenters. The summed E-state index contributed by atoms with van der Waals surface area (Å²) >= 11 is 6.33. The topological polar surface area (TPSA) is 121 Å². The molecule has 0 fully saturated rings. The number of aromatic hydroxyl groups is 1. The Morgan fingerprint density at radius 1 is 1.38 bits per heavy atom. The lowest BCUT2D eigenvalue weighted by molar-refractivity contribution is -0.114. The van der Waals surface area contributed by atoms with Crippen molar-refractivity contribution in [1.82, 2.24) is 10.2 Å². The Balaban J connectivity index is 2.23. The van der Waals surface area contributed by atoms with Crippen LogP contribution in [0.4, 0.5) is 10.8 Å². The van der Waals surface area contributed by atoms with Gasteiger partial charge in [0, 0.05) is 13.0 Å². The van der Waals surface area contributed by atoms with E-state index in [1.54, 1.807) is 0 Å². The zero-order valence-electron chi connectivity index (χ0n) is 10.5. The van der Waals surface area contributed by atoms with Crippen LogP contribution in [0, 0.1) is 0 Å². The number of phenolic OH excluding ortho intramolecular Hbond substituents is 1. The van der Waals surface area contributed by atoms with E-state index < -0.39 is 10.0 Å². The van der Waals surface area contributed by atoms with E-state index in [0.29, 0.717) is 11.3 Å². The number of amides is 1. The Hall–Kier alpha value is -1.91. The molecule has 0 spiro atoms. The largest absolute Gasteiger partial charge is 0.506 e. The predicted molar refractivity (Wildman–Crippen MR) is 78.1 cm³/mol. The third-order valence-corrected chi connectivity index (χ3v) is 5.02.